The van der Waals surface area contributed by atoms with Crippen LogP contribution in [0, 0.1) is 0 Å². The molecule has 2 saturated carbocycles. The molecule has 0 saturated heterocycles. The second-order valence-corrected chi connectivity index (χ2v) is 9.25. The van der Waals surface area contributed by atoms with Crippen molar-refractivity contribution in [1.82, 2.24) is 29.9 Å². The molecule has 0 aliphatic heterocycles. The van der Waals surface area contributed by atoms with Crippen LogP contribution in [0.3, 0.4) is 0 Å². The zero-order valence-corrected chi connectivity index (χ0v) is 19.9. The fourth-order valence-corrected chi connectivity index (χ4v) is 4.38. The smallest absolute Gasteiger partial charge is 0.356 e. The summed E-state index contributed by atoms with van der Waals surface area (Å²) in [4.78, 5) is 49.9. The largest absolute Gasteiger partial charge is 0.477 e. The standard InChI is InChI=1S/C27H22N6O4/c1-37-27(36)24-10-22(16-4-6-19(28-12-16)14-2-3-14)32-25(33-24)18-8-17(18)20-7-5-15(11-29-20)21-9-23(26(34)35)31-13-30-21/h4-7,9-14,17-18H,2-3,8H2,1H3,(H,34,35). The van der Waals surface area contributed by atoms with Gasteiger partial charge in [-0.25, -0.2) is 29.5 Å². The van der Waals surface area contributed by atoms with E-state index in [9.17, 15) is 9.59 Å². The van der Waals surface area contributed by atoms with Crippen molar-refractivity contribution in [2.75, 3.05) is 7.11 Å². The summed E-state index contributed by atoms with van der Waals surface area (Å²) < 4.78 is 4.93. The van der Waals surface area contributed by atoms with Crippen LogP contribution in [0.2, 0.25) is 0 Å². The summed E-state index contributed by atoms with van der Waals surface area (Å²) in [7, 11) is 1.33. The second-order valence-electron chi connectivity index (χ2n) is 9.25. The highest BCUT2D eigenvalue weighted by atomic mass is 16.5. The Morgan fingerprint density at radius 3 is 2.19 bits per heavy atom. The van der Waals surface area contributed by atoms with E-state index in [1.54, 1.807) is 18.5 Å². The number of esters is 1. The lowest BCUT2D eigenvalue weighted by atomic mass is 10.1. The predicted molar refractivity (Wildman–Crippen MR) is 131 cm³/mol. The lowest BCUT2D eigenvalue weighted by Gasteiger charge is -2.08. The molecule has 4 heterocycles. The van der Waals surface area contributed by atoms with Crippen molar-refractivity contribution < 1.29 is 19.4 Å². The predicted octanol–water partition coefficient (Wildman–Crippen LogP) is 4.02. The highest BCUT2D eigenvalue weighted by Gasteiger charge is 2.43. The van der Waals surface area contributed by atoms with Crippen LogP contribution in [-0.4, -0.2) is 54.1 Å². The van der Waals surface area contributed by atoms with E-state index >= 15 is 0 Å². The Morgan fingerprint density at radius 2 is 1.54 bits per heavy atom. The molecule has 0 bridgehead atoms. The van der Waals surface area contributed by atoms with Crippen molar-refractivity contribution in [3.63, 3.8) is 0 Å². The third-order valence-corrected chi connectivity index (χ3v) is 6.69. The van der Waals surface area contributed by atoms with Gasteiger partial charge >= 0.3 is 11.9 Å². The average Bonchev–Trinajstić information content (AvgIpc) is 3.87. The topological polar surface area (TPSA) is 141 Å². The summed E-state index contributed by atoms with van der Waals surface area (Å²) in [6.07, 6.45) is 7.85. The van der Waals surface area contributed by atoms with E-state index in [1.807, 2.05) is 24.3 Å². The van der Waals surface area contributed by atoms with E-state index in [-0.39, 0.29) is 23.2 Å². The van der Waals surface area contributed by atoms with E-state index in [1.165, 1.54) is 32.3 Å². The van der Waals surface area contributed by atoms with Crippen LogP contribution in [0.15, 0.2) is 55.1 Å². The van der Waals surface area contributed by atoms with Crippen LogP contribution in [0.5, 0.6) is 0 Å². The molecule has 0 aromatic carbocycles. The highest BCUT2D eigenvalue weighted by molar-refractivity contribution is 5.88. The van der Waals surface area contributed by atoms with Crippen LogP contribution in [0.4, 0.5) is 0 Å². The number of aromatic carboxylic acids is 1. The number of hydrogen-bond acceptors (Lipinski definition) is 9. The molecule has 0 amide bonds. The summed E-state index contributed by atoms with van der Waals surface area (Å²) in [5.74, 6) is -0.388. The molecule has 184 valence electrons. The number of aromatic nitrogens is 6. The Hall–Kier alpha value is -4.60. The summed E-state index contributed by atoms with van der Waals surface area (Å²) >= 11 is 0. The molecule has 0 spiro atoms. The number of pyridine rings is 2. The number of carbonyl (C=O) groups is 2. The molecule has 2 aliphatic carbocycles. The summed E-state index contributed by atoms with van der Waals surface area (Å²) in [5.41, 5.74) is 4.72. The molecule has 2 fully saturated rings. The minimum absolute atomic E-state index is 0.0121. The molecule has 10 heteroatoms. The van der Waals surface area contributed by atoms with Crippen LogP contribution in [0.1, 0.15) is 75.2 Å². The first kappa shape index (κ1) is 22.8. The van der Waals surface area contributed by atoms with Crippen LogP contribution in [0.25, 0.3) is 22.5 Å². The Morgan fingerprint density at radius 1 is 0.838 bits per heavy atom. The van der Waals surface area contributed by atoms with E-state index in [0.717, 1.165) is 23.4 Å². The molecule has 4 aromatic rings. The van der Waals surface area contributed by atoms with Gasteiger partial charge in [0.05, 0.1) is 18.5 Å². The average molecular weight is 495 g/mol. The van der Waals surface area contributed by atoms with Gasteiger partial charge in [-0.2, -0.15) is 0 Å². The van der Waals surface area contributed by atoms with Crippen LogP contribution < -0.4 is 0 Å². The first-order valence-electron chi connectivity index (χ1n) is 12.0. The number of ether oxygens (including phenoxy) is 1. The van der Waals surface area contributed by atoms with Crippen molar-refractivity contribution in [3.05, 3.63) is 83.7 Å². The Kier molecular flexibility index (Phi) is 5.63. The van der Waals surface area contributed by atoms with Crippen molar-refractivity contribution in [2.45, 2.75) is 37.0 Å². The van der Waals surface area contributed by atoms with E-state index in [0.29, 0.717) is 28.7 Å². The molecule has 2 aliphatic rings. The van der Waals surface area contributed by atoms with Crippen molar-refractivity contribution in [1.29, 1.82) is 0 Å². The minimum atomic E-state index is -1.11. The number of rotatable bonds is 7. The van der Waals surface area contributed by atoms with Gasteiger partial charge in [0, 0.05) is 52.7 Å². The zero-order valence-electron chi connectivity index (χ0n) is 19.9. The van der Waals surface area contributed by atoms with Gasteiger partial charge in [0.25, 0.3) is 0 Å². The molecule has 4 aromatic heterocycles. The number of hydrogen-bond donors (Lipinski definition) is 1. The van der Waals surface area contributed by atoms with Gasteiger partial charge < -0.3 is 9.84 Å². The second kappa shape index (κ2) is 9.12. The number of nitrogens with zero attached hydrogens (tertiary/aromatic N) is 6. The molecular weight excluding hydrogens is 472 g/mol. The van der Waals surface area contributed by atoms with Crippen molar-refractivity contribution >= 4 is 11.9 Å². The van der Waals surface area contributed by atoms with E-state index in [2.05, 4.69) is 24.9 Å². The molecule has 2 atom stereocenters. The first-order valence-corrected chi connectivity index (χ1v) is 12.0. The van der Waals surface area contributed by atoms with Gasteiger partial charge in [0.1, 0.15) is 12.2 Å². The monoisotopic (exact) mass is 494 g/mol. The maximum atomic E-state index is 12.3. The number of carbonyl (C=O) groups excluding carboxylic acids is 1. The van der Waals surface area contributed by atoms with Gasteiger partial charge in [-0.3, -0.25) is 9.97 Å². The quantitative estimate of drug-likeness (QED) is 0.374. The molecule has 2 unspecified atom stereocenters. The Bertz CT molecular complexity index is 1500. The number of carboxylic acids is 1. The molecule has 6 rings (SSSR count). The lowest BCUT2D eigenvalue weighted by Crippen LogP contribution is -2.09. The summed E-state index contributed by atoms with van der Waals surface area (Å²) in [6.45, 7) is 0. The van der Waals surface area contributed by atoms with Crippen molar-refractivity contribution in [3.8, 4) is 22.5 Å². The SMILES string of the molecule is COC(=O)c1cc(-c2ccc(C3CC3)nc2)nc(C2CC2c2ccc(-c3cc(C(=O)O)ncn3)cn2)n1. The zero-order chi connectivity index (χ0) is 25.5. The Balaban J connectivity index is 1.25. The van der Waals surface area contributed by atoms with Crippen LogP contribution in [-0.2, 0) is 4.74 Å². The molecule has 1 N–H and O–H groups in total. The third kappa shape index (κ3) is 4.65. The maximum Gasteiger partial charge on any atom is 0.356 e. The van der Waals surface area contributed by atoms with E-state index in [4.69, 9.17) is 14.8 Å². The number of carboxylic acid groups (broad SMARTS) is 1. The van der Waals surface area contributed by atoms with Crippen molar-refractivity contribution in [2.24, 2.45) is 0 Å². The Labute approximate surface area is 211 Å². The van der Waals surface area contributed by atoms with Crippen LogP contribution >= 0.6 is 0 Å². The highest BCUT2D eigenvalue weighted by Crippen LogP contribution is 2.53. The van der Waals surface area contributed by atoms with Gasteiger partial charge in [0.2, 0.25) is 0 Å². The van der Waals surface area contributed by atoms with E-state index < -0.39 is 11.9 Å². The summed E-state index contributed by atoms with van der Waals surface area (Å²) in [6, 6.07) is 10.8. The fraction of sp³-hybridized carbons (Fsp3) is 0.259. The molecule has 37 heavy (non-hydrogen) atoms. The maximum absolute atomic E-state index is 12.3. The molecule has 10 nitrogen and oxygen atoms in total. The molecular formula is C27H22N6O4. The number of methoxy groups -OCH3 is 1. The van der Waals surface area contributed by atoms with Gasteiger partial charge in [-0.1, -0.05) is 0 Å². The molecule has 0 radical (unpaired) electrons. The van der Waals surface area contributed by atoms with Gasteiger partial charge in [0.15, 0.2) is 11.4 Å². The fourth-order valence-electron chi connectivity index (χ4n) is 4.38. The normalized spacial score (nSPS) is 18.3. The van der Waals surface area contributed by atoms with Gasteiger partial charge in [-0.15, -0.1) is 0 Å². The first-order chi connectivity index (χ1) is 18.0. The van der Waals surface area contributed by atoms with Gasteiger partial charge in [-0.05, 0) is 55.7 Å². The summed E-state index contributed by atoms with van der Waals surface area (Å²) in [5, 5.41) is 9.17. The third-order valence-electron chi connectivity index (χ3n) is 6.69. The minimum Gasteiger partial charge on any atom is -0.477 e. The lowest BCUT2D eigenvalue weighted by molar-refractivity contribution is 0.0592.